The molecule has 0 spiro atoms. The van der Waals surface area contributed by atoms with Gasteiger partial charge in [-0.15, -0.1) is 0 Å². The van der Waals surface area contributed by atoms with Gasteiger partial charge in [-0.25, -0.2) is 4.79 Å². The predicted molar refractivity (Wildman–Crippen MR) is 97.1 cm³/mol. The van der Waals surface area contributed by atoms with Crippen molar-refractivity contribution in [3.05, 3.63) is 41.3 Å². The van der Waals surface area contributed by atoms with Crippen molar-refractivity contribution in [2.24, 2.45) is 0 Å². The Morgan fingerprint density at radius 1 is 1.36 bits per heavy atom. The van der Waals surface area contributed by atoms with Crippen molar-refractivity contribution in [2.75, 3.05) is 29.9 Å². The molecular formula is C19H24N4O2. The minimum absolute atomic E-state index is 0.0567. The van der Waals surface area contributed by atoms with E-state index in [9.17, 15) is 4.79 Å². The maximum atomic E-state index is 12.8. The van der Waals surface area contributed by atoms with Crippen molar-refractivity contribution in [1.29, 1.82) is 0 Å². The third-order valence-corrected chi connectivity index (χ3v) is 5.23. The zero-order valence-corrected chi connectivity index (χ0v) is 14.8. The molecule has 2 aromatic rings. The minimum atomic E-state index is -0.0567. The molecule has 6 nitrogen and oxygen atoms in total. The first-order valence-corrected chi connectivity index (χ1v) is 9.03. The molecule has 0 aliphatic carbocycles. The number of urea groups is 1. The molecule has 2 aliphatic rings. The van der Waals surface area contributed by atoms with E-state index in [2.05, 4.69) is 39.6 Å². The first-order chi connectivity index (χ1) is 12.2. The van der Waals surface area contributed by atoms with Crippen LogP contribution in [0.4, 0.5) is 16.2 Å². The highest BCUT2D eigenvalue weighted by Gasteiger charge is 2.33. The Labute approximate surface area is 147 Å². The summed E-state index contributed by atoms with van der Waals surface area (Å²) in [6.45, 7) is 6.36. The SMILES string of the molecule is CCc1onc(C)c1NC(=O)N1CCCN2c3ccccc3C[C@H]2C1. The molecule has 2 amide bonds. The number of nitrogens with one attached hydrogen (secondary N) is 1. The van der Waals surface area contributed by atoms with Crippen LogP contribution in [0.15, 0.2) is 28.8 Å². The van der Waals surface area contributed by atoms with Crippen molar-refractivity contribution < 1.29 is 9.32 Å². The monoisotopic (exact) mass is 340 g/mol. The highest BCUT2D eigenvalue weighted by molar-refractivity contribution is 5.90. The molecule has 0 saturated carbocycles. The lowest BCUT2D eigenvalue weighted by Gasteiger charge is -2.27. The number of aryl methyl sites for hydroxylation is 2. The summed E-state index contributed by atoms with van der Waals surface area (Å²) in [4.78, 5) is 17.2. The molecule has 1 saturated heterocycles. The Bertz CT molecular complexity index is 785. The van der Waals surface area contributed by atoms with Crippen LogP contribution in [0, 0.1) is 6.92 Å². The van der Waals surface area contributed by atoms with Crippen LogP contribution in [-0.4, -0.2) is 41.8 Å². The van der Waals surface area contributed by atoms with E-state index in [4.69, 9.17) is 4.52 Å². The largest absolute Gasteiger partial charge is 0.366 e. The summed E-state index contributed by atoms with van der Waals surface area (Å²) in [6.07, 6.45) is 2.69. The zero-order valence-electron chi connectivity index (χ0n) is 14.8. The summed E-state index contributed by atoms with van der Waals surface area (Å²) >= 11 is 0. The fourth-order valence-corrected chi connectivity index (χ4v) is 3.96. The summed E-state index contributed by atoms with van der Waals surface area (Å²) in [6, 6.07) is 8.88. The molecule has 132 valence electrons. The number of nitrogens with zero attached hydrogens (tertiary/aromatic N) is 3. The van der Waals surface area contributed by atoms with Gasteiger partial charge in [-0.1, -0.05) is 30.3 Å². The van der Waals surface area contributed by atoms with E-state index in [0.29, 0.717) is 12.5 Å². The van der Waals surface area contributed by atoms with E-state index >= 15 is 0 Å². The van der Waals surface area contributed by atoms with Crippen LogP contribution >= 0.6 is 0 Å². The van der Waals surface area contributed by atoms with Gasteiger partial charge in [0.1, 0.15) is 11.4 Å². The van der Waals surface area contributed by atoms with E-state index in [1.807, 2.05) is 18.7 Å². The molecule has 6 heteroatoms. The summed E-state index contributed by atoms with van der Waals surface area (Å²) in [5.74, 6) is 0.732. The summed E-state index contributed by atoms with van der Waals surface area (Å²) in [5.41, 5.74) is 4.18. The van der Waals surface area contributed by atoms with E-state index in [1.165, 1.54) is 11.3 Å². The van der Waals surface area contributed by atoms with E-state index in [1.54, 1.807) is 0 Å². The lowest BCUT2D eigenvalue weighted by Crippen LogP contribution is -2.43. The molecule has 4 rings (SSSR count). The van der Waals surface area contributed by atoms with Crippen molar-refractivity contribution >= 4 is 17.4 Å². The number of rotatable bonds is 2. The van der Waals surface area contributed by atoms with Gasteiger partial charge in [0, 0.05) is 31.7 Å². The van der Waals surface area contributed by atoms with Crippen LogP contribution in [-0.2, 0) is 12.8 Å². The van der Waals surface area contributed by atoms with Crippen molar-refractivity contribution in [3.63, 3.8) is 0 Å². The number of hydrogen-bond acceptors (Lipinski definition) is 4. The standard InChI is InChI=1S/C19H24N4O2/c1-3-17-18(13(2)21-25-17)20-19(24)22-9-6-10-23-15(12-22)11-14-7-4-5-8-16(14)23/h4-5,7-8,15H,3,6,9-12H2,1-2H3,(H,20,24)/t15-/m0/s1. The highest BCUT2D eigenvalue weighted by atomic mass is 16.5. The van der Waals surface area contributed by atoms with E-state index < -0.39 is 0 Å². The first kappa shape index (κ1) is 16.0. The van der Waals surface area contributed by atoms with Crippen LogP contribution in [0.25, 0.3) is 0 Å². The molecule has 0 unspecified atom stereocenters. The molecule has 1 fully saturated rings. The van der Waals surface area contributed by atoms with Gasteiger partial charge in [0.15, 0.2) is 5.76 Å². The Morgan fingerprint density at radius 3 is 3.04 bits per heavy atom. The van der Waals surface area contributed by atoms with Crippen LogP contribution in [0.3, 0.4) is 0 Å². The Hall–Kier alpha value is -2.50. The summed E-state index contributed by atoms with van der Waals surface area (Å²) in [5, 5.41) is 6.99. The van der Waals surface area contributed by atoms with Crippen LogP contribution in [0.2, 0.25) is 0 Å². The first-order valence-electron chi connectivity index (χ1n) is 9.03. The maximum absolute atomic E-state index is 12.8. The van der Waals surface area contributed by atoms with Gasteiger partial charge in [0.25, 0.3) is 0 Å². The molecule has 2 aliphatic heterocycles. The second kappa shape index (κ2) is 6.43. The van der Waals surface area contributed by atoms with Gasteiger partial charge < -0.3 is 19.6 Å². The molecule has 1 aromatic heterocycles. The second-order valence-electron chi connectivity index (χ2n) is 6.83. The molecule has 1 aromatic carbocycles. The fourth-order valence-electron chi connectivity index (χ4n) is 3.96. The van der Waals surface area contributed by atoms with Crippen LogP contribution < -0.4 is 10.2 Å². The van der Waals surface area contributed by atoms with Crippen molar-refractivity contribution in [2.45, 2.75) is 39.2 Å². The van der Waals surface area contributed by atoms with Gasteiger partial charge in [0.05, 0.1) is 6.04 Å². The van der Waals surface area contributed by atoms with Gasteiger partial charge in [-0.2, -0.15) is 0 Å². The number of anilines is 2. The molecule has 25 heavy (non-hydrogen) atoms. The van der Waals surface area contributed by atoms with Crippen molar-refractivity contribution in [3.8, 4) is 0 Å². The average molecular weight is 340 g/mol. The van der Waals surface area contributed by atoms with Gasteiger partial charge in [-0.3, -0.25) is 0 Å². The summed E-state index contributed by atoms with van der Waals surface area (Å²) in [7, 11) is 0. The number of aromatic nitrogens is 1. The zero-order chi connectivity index (χ0) is 17.4. The van der Waals surface area contributed by atoms with Crippen LogP contribution in [0.1, 0.15) is 30.4 Å². The molecule has 1 atom stereocenters. The number of para-hydroxylation sites is 1. The number of fused-ring (bicyclic) bond motifs is 3. The molecular weight excluding hydrogens is 316 g/mol. The molecule has 1 N–H and O–H groups in total. The molecule has 0 radical (unpaired) electrons. The quantitative estimate of drug-likeness (QED) is 0.912. The van der Waals surface area contributed by atoms with E-state index in [0.717, 1.165) is 49.6 Å². The highest BCUT2D eigenvalue weighted by Crippen LogP contribution is 2.33. The number of carbonyl (C=O) groups is 1. The van der Waals surface area contributed by atoms with Crippen LogP contribution in [0.5, 0.6) is 0 Å². The van der Waals surface area contributed by atoms with Gasteiger partial charge >= 0.3 is 6.03 Å². The van der Waals surface area contributed by atoms with Gasteiger partial charge in [-0.05, 0) is 31.4 Å². The normalized spacial score (nSPS) is 19.4. The van der Waals surface area contributed by atoms with Crippen molar-refractivity contribution in [1.82, 2.24) is 10.1 Å². The average Bonchev–Trinajstić information content (AvgIpc) is 3.06. The van der Waals surface area contributed by atoms with E-state index in [-0.39, 0.29) is 6.03 Å². The summed E-state index contributed by atoms with van der Waals surface area (Å²) < 4.78 is 5.28. The predicted octanol–water partition coefficient (Wildman–Crippen LogP) is 3.21. The maximum Gasteiger partial charge on any atom is 0.322 e. The smallest absolute Gasteiger partial charge is 0.322 e. The Balaban J connectivity index is 1.49. The fraction of sp³-hybridized carbons (Fsp3) is 0.474. The Kier molecular flexibility index (Phi) is 4.11. The third-order valence-electron chi connectivity index (χ3n) is 5.23. The second-order valence-corrected chi connectivity index (χ2v) is 6.83. The lowest BCUT2D eigenvalue weighted by molar-refractivity contribution is 0.211. The van der Waals surface area contributed by atoms with Gasteiger partial charge in [0.2, 0.25) is 0 Å². The number of benzene rings is 1. The topological polar surface area (TPSA) is 61.6 Å². The minimum Gasteiger partial charge on any atom is -0.366 e. The number of carbonyl (C=O) groups excluding carboxylic acids is 1. The lowest BCUT2D eigenvalue weighted by atomic mass is 10.1. The molecule has 3 heterocycles. The number of amides is 2. The molecule has 0 bridgehead atoms. The Morgan fingerprint density at radius 2 is 2.20 bits per heavy atom. The third kappa shape index (κ3) is 2.86. The number of hydrogen-bond donors (Lipinski definition) is 1.